The Morgan fingerprint density at radius 3 is 2.71 bits per heavy atom. The van der Waals surface area contributed by atoms with E-state index in [4.69, 9.17) is 4.74 Å². The zero-order chi connectivity index (χ0) is 15.7. The van der Waals surface area contributed by atoms with Crippen LogP contribution in [0.2, 0.25) is 0 Å². The SMILES string of the molecule is COCCNCCNC(=O)C(C)NC(=O)c1ccc(Br)s1. The predicted octanol–water partition coefficient (Wildman–Crippen LogP) is 0.981. The predicted molar refractivity (Wildman–Crippen MR) is 86.7 cm³/mol. The Morgan fingerprint density at radius 2 is 2.10 bits per heavy atom. The lowest BCUT2D eigenvalue weighted by Crippen LogP contribution is -2.46. The molecule has 8 heteroatoms. The van der Waals surface area contributed by atoms with Gasteiger partial charge in [-0.2, -0.15) is 0 Å². The van der Waals surface area contributed by atoms with Crippen LogP contribution in [0.1, 0.15) is 16.6 Å². The summed E-state index contributed by atoms with van der Waals surface area (Å²) >= 11 is 4.63. The van der Waals surface area contributed by atoms with Crippen LogP contribution in [0.4, 0.5) is 0 Å². The van der Waals surface area contributed by atoms with E-state index >= 15 is 0 Å². The zero-order valence-corrected chi connectivity index (χ0v) is 14.5. The molecule has 0 radical (unpaired) electrons. The van der Waals surface area contributed by atoms with Gasteiger partial charge < -0.3 is 20.7 Å². The number of rotatable bonds is 9. The molecule has 6 nitrogen and oxygen atoms in total. The third-order valence-corrected chi connectivity index (χ3v) is 4.24. The summed E-state index contributed by atoms with van der Waals surface area (Å²) in [5.74, 6) is -0.445. The molecule has 2 amide bonds. The van der Waals surface area contributed by atoms with Crippen molar-refractivity contribution in [2.75, 3.05) is 33.4 Å². The molecule has 3 N–H and O–H groups in total. The summed E-state index contributed by atoms with van der Waals surface area (Å²) in [6, 6.07) is 2.95. The first-order valence-electron chi connectivity index (χ1n) is 6.58. The number of carbonyl (C=O) groups excluding carboxylic acids is 2. The Morgan fingerprint density at radius 1 is 1.33 bits per heavy atom. The number of amides is 2. The second-order valence-corrected chi connectivity index (χ2v) is 6.80. The number of nitrogens with one attached hydrogen (secondary N) is 3. The van der Waals surface area contributed by atoms with Gasteiger partial charge in [0.25, 0.3) is 5.91 Å². The Hall–Kier alpha value is -0.960. The maximum absolute atomic E-state index is 11.9. The molecule has 0 fully saturated rings. The first-order valence-corrected chi connectivity index (χ1v) is 8.19. The third-order valence-electron chi connectivity index (χ3n) is 2.62. The van der Waals surface area contributed by atoms with Gasteiger partial charge in [0.15, 0.2) is 0 Å². The Labute approximate surface area is 136 Å². The first-order chi connectivity index (χ1) is 10.0. The minimum atomic E-state index is -0.572. The molecular formula is C13H20BrN3O3S. The molecule has 0 bridgehead atoms. The number of methoxy groups -OCH3 is 1. The van der Waals surface area contributed by atoms with Crippen molar-refractivity contribution in [3.63, 3.8) is 0 Å². The average Bonchev–Trinajstić information content (AvgIpc) is 2.89. The van der Waals surface area contributed by atoms with Crippen LogP contribution in [0.5, 0.6) is 0 Å². The van der Waals surface area contributed by atoms with Gasteiger partial charge in [0.1, 0.15) is 6.04 Å². The van der Waals surface area contributed by atoms with E-state index in [0.29, 0.717) is 24.6 Å². The van der Waals surface area contributed by atoms with Crippen molar-refractivity contribution >= 4 is 39.1 Å². The highest BCUT2D eigenvalue weighted by atomic mass is 79.9. The summed E-state index contributed by atoms with van der Waals surface area (Å²) < 4.78 is 5.78. The standard InChI is InChI=1S/C13H20BrN3O3S/c1-9(12(18)16-6-5-15-7-8-20-2)17-13(19)10-3-4-11(14)21-10/h3-4,9,15H,5-8H2,1-2H3,(H,16,18)(H,17,19). The molecule has 1 rings (SSSR count). The average molecular weight is 378 g/mol. The van der Waals surface area contributed by atoms with E-state index in [1.54, 1.807) is 26.2 Å². The lowest BCUT2D eigenvalue weighted by molar-refractivity contribution is -0.122. The fourth-order valence-electron chi connectivity index (χ4n) is 1.50. The zero-order valence-electron chi connectivity index (χ0n) is 12.1. The minimum Gasteiger partial charge on any atom is -0.383 e. The Kier molecular flexibility index (Phi) is 8.51. The van der Waals surface area contributed by atoms with Crippen LogP contribution < -0.4 is 16.0 Å². The lowest BCUT2D eigenvalue weighted by atomic mass is 10.3. The van der Waals surface area contributed by atoms with E-state index in [1.807, 2.05) is 0 Å². The molecule has 1 atom stereocenters. The van der Waals surface area contributed by atoms with Crippen LogP contribution in [0, 0.1) is 0 Å². The van der Waals surface area contributed by atoms with Gasteiger partial charge in [0.2, 0.25) is 5.91 Å². The fourth-order valence-corrected chi connectivity index (χ4v) is 2.79. The highest BCUT2D eigenvalue weighted by Crippen LogP contribution is 2.21. The second-order valence-electron chi connectivity index (χ2n) is 4.33. The first kappa shape index (κ1) is 18.1. The van der Waals surface area contributed by atoms with Crippen molar-refractivity contribution in [3.8, 4) is 0 Å². The van der Waals surface area contributed by atoms with Gasteiger partial charge in [-0.25, -0.2) is 0 Å². The fraction of sp³-hybridized carbons (Fsp3) is 0.538. The quantitative estimate of drug-likeness (QED) is 0.560. The normalized spacial score (nSPS) is 12.0. The lowest BCUT2D eigenvalue weighted by Gasteiger charge is -2.13. The molecule has 0 saturated heterocycles. The van der Waals surface area contributed by atoms with Crippen LogP contribution in [0.25, 0.3) is 0 Å². The topological polar surface area (TPSA) is 79.5 Å². The van der Waals surface area contributed by atoms with Gasteiger partial charge >= 0.3 is 0 Å². The van der Waals surface area contributed by atoms with Gasteiger partial charge in [-0.15, -0.1) is 11.3 Å². The molecule has 1 aromatic rings. The molecule has 0 aliphatic heterocycles. The summed E-state index contributed by atoms with van der Waals surface area (Å²) in [7, 11) is 1.64. The van der Waals surface area contributed by atoms with Gasteiger partial charge in [-0.1, -0.05) is 0 Å². The number of hydrogen-bond donors (Lipinski definition) is 3. The van der Waals surface area contributed by atoms with Crippen LogP contribution >= 0.6 is 27.3 Å². The smallest absolute Gasteiger partial charge is 0.262 e. The monoisotopic (exact) mass is 377 g/mol. The molecule has 118 valence electrons. The van der Waals surface area contributed by atoms with E-state index in [1.165, 1.54) is 11.3 Å². The largest absolute Gasteiger partial charge is 0.383 e. The molecule has 0 aromatic carbocycles. The number of halogens is 1. The van der Waals surface area contributed by atoms with E-state index in [0.717, 1.165) is 10.3 Å². The van der Waals surface area contributed by atoms with Crippen molar-refractivity contribution in [1.29, 1.82) is 0 Å². The van der Waals surface area contributed by atoms with Crippen LogP contribution in [0.15, 0.2) is 15.9 Å². The molecule has 1 aromatic heterocycles. The van der Waals surface area contributed by atoms with Crippen molar-refractivity contribution in [2.45, 2.75) is 13.0 Å². The summed E-state index contributed by atoms with van der Waals surface area (Å²) in [5.41, 5.74) is 0. The number of thiophene rings is 1. The highest BCUT2D eigenvalue weighted by molar-refractivity contribution is 9.11. The van der Waals surface area contributed by atoms with E-state index in [2.05, 4.69) is 31.9 Å². The molecule has 0 saturated carbocycles. The third kappa shape index (κ3) is 7.03. The highest BCUT2D eigenvalue weighted by Gasteiger charge is 2.17. The molecule has 0 aliphatic carbocycles. The summed E-state index contributed by atoms with van der Waals surface area (Å²) in [6.07, 6.45) is 0. The van der Waals surface area contributed by atoms with Crippen molar-refractivity contribution in [1.82, 2.24) is 16.0 Å². The van der Waals surface area contributed by atoms with Crippen LogP contribution in [0.3, 0.4) is 0 Å². The van der Waals surface area contributed by atoms with Crippen LogP contribution in [-0.4, -0.2) is 51.2 Å². The maximum atomic E-state index is 11.9. The molecule has 0 spiro atoms. The van der Waals surface area contributed by atoms with Crippen molar-refractivity contribution < 1.29 is 14.3 Å². The van der Waals surface area contributed by atoms with Gasteiger partial charge in [-0.05, 0) is 35.0 Å². The molecule has 1 heterocycles. The molecule has 1 unspecified atom stereocenters. The van der Waals surface area contributed by atoms with E-state index < -0.39 is 6.04 Å². The van der Waals surface area contributed by atoms with Gasteiger partial charge in [0.05, 0.1) is 15.3 Å². The van der Waals surface area contributed by atoms with E-state index in [-0.39, 0.29) is 11.8 Å². The Balaban J connectivity index is 2.23. The molecular weight excluding hydrogens is 358 g/mol. The Bertz CT molecular complexity index is 467. The summed E-state index contributed by atoms with van der Waals surface area (Å²) in [6.45, 7) is 4.21. The van der Waals surface area contributed by atoms with E-state index in [9.17, 15) is 9.59 Å². The van der Waals surface area contributed by atoms with Gasteiger partial charge in [0, 0.05) is 26.7 Å². The number of carbonyl (C=O) groups is 2. The number of hydrogen-bond acceptors (Lipinski definition) is 5. The molecule has 0 aliphatic rings. The van der Waals surface area contributed by atoms with Gasteiger partial charge in [-0.3, -0.25) is 9.59 Å². The van der Waals surface area contributed by atoms with Crippen LogP contribution in [-0.2, 0) is 9.53 Å². The van der Waals surface area contributed by atoms with Crippen molar-refractivity contribution in [3.05, 3.63) is 20.8 Å². The number of ether oxygens (including phenoxy) is 1. The minimum absolute atomic E-state index is 0.201. The summed E-state index contributed by atoms with van der Waals surface area (Å²) in [4.78, 5) is 24.3. The van der Waals surface area contributed by atoms with Crippen molar-refractivity contribution in [2.24, 2.45) is 0 Å². The second kappa shape index (κ2) is 9.88. The summed E-state index contributed by atoms with van der Waals surface area (Å²) in [5, 5.41) is 8.55. The maximum Gasteiger partial charge on any atom is 0.262 e. The molecule has 21 heavy (non-hydrogen) atoms.